The summed E-state index contributed by atoms with van der Waals surface area (Å²) in [6, 6.07) is 0. The van der Waals surface area contributed by atoms with Gasteiger partial charge in [-0.2, -0.15) is 0 Å². The molecule has 2 aliphatic heterocycles. The Kier molecular flexibility index (Phi) is 3.68. The van der Waals surface area contributed by atoms with Gasteiger partial charge >= 0.3 is 0 Å². The molecule has 0 unspecified atom stereocenters. The second kappa shape index (κ2) is 5.42. The van der Waals surface area contributed by atoms with Gasteiger partial charge in [0.2, 0.25) is 0 Å². The van der Waals surface area contributed by atoms with Crippen LogP contribution in [0.1, 0.15) is 6.42 Å². The molecule has 0 aromatic carbocycles. The molecule has 2 heterocycles. The van der Waals surface area contributed by atoms with Crippen molar-refractivity contribution in [2.75, 3.05) is 26.2 Å². The van der Waals surface area contributed by atoms with E-state index in [0.29, 0.717) is 26.2 Å². The zero-order valence-corrected chi connectivity index (χ0v) is 10.1. The van der Waals surface area contributed by atoms with Crippen molar-refractivity contribution < 1.29 is 9.85 Å². The second-order valence-electron chi connectivity index (χ2n) is 4.04. The molecule has 2 fully saturated rings. The van der Waals surface area contributed by atoms with Gasteiger partial charge in [-0.15, -0.1) is 0 Å². The third kappa shape index (κ3) is 2.84. The lowest BCUT2D eigenvalue weighted by Gasteiger charge is -2.05. The molecule has 4 N–H and O–H groups in total. The number of nitrogens with zero attached hydrogens (tertiary/aromatic N) is 2. The Labute approximate surface area is 108 Å². The summed E-state index contributed by atoms with van der Waals surface area (Å²) in [5.41, 5.74) is -0.459. The van der Waals surface area contributed by atoms with E-state index in [2.05, 4.69) is 21.3 Å². The average Bonchev–Trinajstić information content (AvgIpc) is 3.00. The van der Waals surface area contributed by atoms with Gasteiger partial charge in [-0.25, -0.2) is 0 Å². The predicted molar refractivity (Wildman–Crippen MR) is 64.7 cm³/mol. The van der Waals surface area contributed by atoms with Crippen LogP contribution < -0.4 is 21.3 Å². The van der Waals surface area contributed by atoms with E-state index in [1.165, 1.54) is 0 Å². The van der Waals surface area contributed by atoms with E-state index < -0.39 is 9.85 Å². The van der Waals surface area contributed by atoms with Crippen molar-refractivity contribution in [2.24, 2.45) is 0 Å². The molecular formula is C9H14N6O4. The predicted octanol–water partition coefficient (Wildman–Crippen LogP) is -1.35. The first kappa shape index (κ1) is 12.9. The smallest absolute Gasteiger partial charge is 0.296 e. The van der Waals surface area contributed by atoms with Crippen LogP contribution in [0.5, 0.6) is 0 Å². The highest BCUT2D eigenvalue weighted by atomic mass is 16.6. The second-order valence-corrected chi connectivity index (χ2v) is 4.04. The number of hydrogen-bond donors (Lipinski definition) is 4. The molecule has 0 aromatic heterocycles. The quantitative estimate of drug-likeness (QED) is 0.364. The van der Waals surface area contributed by atoms with Crippen molar-refractivity contribution in [1.82, 2.24) is 21.3 Å². The molecule has 2 aliphatic rings. The summed E-state index contributed by atoms with van der Waals surface area (Å²) in [4.78, 5) is 20.9. The molecule has 0 aromatic rings. The highest BCUT2D eigenvalue weighted by Gasteiger charge is 2.31. The molecular weight excluding hydrogens is 256 g/mol. The van der Waals surface area contributed by atoms with E-state index in [-0.39, 0.29) is 29.5 Å². The number of nitrogens with one attached hydrogen (secondary N) is 4. The van der Waals surface area contributed by atoms with Crippen molar-refractivity contribution in [3.05, 3.63) is 43.3 Å². The third-order valence-corrected chi connectivity index (χ3v) is 2.81. The Morgan fingerprint density at radius 2 is 1.16 bits per heavy atom. The molecule has 0 aliphatic carbocycles. The van der Waals surface area contributed by atoms with Gasteiger partial charge in [-0.3, -0.25) is 20.2 Å². The Morgan fingerprint density at radius 1 is 0.842 bits per heavy atom. The van der Waals surface area contributed by atoms with Crippen molar-refractivity contribution in [3.8, 4) is 0 Å². The van der Waals surface area contributed by atoms with Gasteiger partial charge in [0.05, 0.1) is 9.85 Å². The lowest BCUT2D eigenvalue weighted by atomic mass is 10.2. The molecule has 104 valence electrons. The van der Waals surface area contributed by atoms with Crippen LogP contribution in [0.4, 0.5) is 0 Å². The van der Waals surface area contributed by atoms with Gasteiger partial charge in [-0.1, -0.05) is 0 Å². The van der Waals surface area contributed by atoms with E-state index >= 15 is 0 Å². The van der Waals surface area contributed by atoms with E-state index in [4.69, 9.17) is 0 Å². The highest BCUT2D eigenvalue weighted by molar-refractivity contribution is 5.17. The topological polar surface area (TPSA) is 134 Å². The van der Waals surface area contributed by atoms with Gasteiger partial charge in [0, 0.05) is 26.2 Å². The number of nitro groups is 2. The lowest BCUT2D eigenvalue weighted by Crippen LogP contribution is -2.22. The molecule has 10 nitrogen and oxygen atoms in total. The van der Waals surface area contributed by atoms with Crippen molar-refractivity contribution >= 4 is 0 Å². The fraction of sp³-hybridized carbons (Fsp3) is 0.556. The monoisotopic (exact) mass is 270 g/mol. The summed E-state index contributed by atoms with van der Waals surface area (Å²) in [5.74, 6) is 0.505. The molecule has 19 heavy (non-hydrogen) atoms. The number of rotatable bonds is 4. The molecule has 0 spiro atoms. The van der Waals surface area contributed by atoms with Crippen LogP contribution in [0.25, 0.3) is 0 Å². The molecule has 0 bridgehead atoms. The van der Waals surface area contributed by atoms with Crippen LogP contribution in [0.2, 0.25) is 0 Å². The van der Waals surface area contributed by atoms with Gasteiger partial charge in [0.25, 0.3) is 11.4 Å². The lowest BCUT2D eigenvalue weighted by molar-refractivity contribution is -0.451. The van der Waals surface area contributed by atoms with Gasteiger partial charge in [0.1, 0.15) is 6.42 Å². The molecule has 0 radical (unpaired) electrons. The Hall–Kier alpha value is -2.52. The molecule has 0 atom stereocenters. The van der Waals surface area contributed by atoms with Crippen LogP contribution in [0.15, 0.2) is 23.0 Å². The minimum Gasteiger partial charge on any atom is -0.365 e. The average molecular weight is 270 g/mol. The maximum atomic E-state index is 11.0. The first-order valence-corrected chi connectivity index (χ1v) is 5.80. The summed E-state index contributed by atoms with van der Waals surface area (Å²) in [6.45, 7) is 2.25. The molecule has 0 amide bonds. The Bertz CT molecular complexity index is 413. The SMILES string of the molecule is O=[N+]([O-])C(CC(=C1NCCN1)[N+](=O)[O-])=C1NCCN1. The van der Waals surface area contributed by atoms with E-state index in [9.17, 15) is 20.2 Å². The van der Waals surface area contributed by atoms with E-state index in [1.807, 2.05) is 0 Å². The minimum atomic E-state index is -0.598. The maximum Gasteiger partial charge on any atom is 0.296 e. The van der Waals surface area contributed by atoms with Crippen molar-refractivity contribution in [3.63, 3.8) is 0 Å². The Balaban J connectivity index is 2.29. The molecule has 2 rings (SSSR count). The molecule has 2 saturated heterocycles. The van der Waals surface area contributed by atoms with Crippen molar-refractivity contribution in [1.29, 1.82) is 0 Å². The largest absolute Gasteiger partial charge is 0.365 e. The normalized spacial score (nSPS) is 17.1. The number of hydrogen-bond acceptors (Lipinski definition) is 8. The zero-order valence-electron chi connectivity index (χ0n) is 10.1. The first-order valence-electron chi connectivity index (χ1n) is 5.80. The van der Waals surface area contributed by atoms with Crippen LogP contribution in [0.3, 0.4) is 0 Å². The maximum absolute atomic E-state index is 11.0. The first-order chi connectivity index (χ1) is 9.09. The standard InChI is InChI=1S/C9H14N6O4/c16-14(17)6(8-10-1-2-11-8)5-7(15(18)19)9-12-3-4-13-9/h10-13H,1-5H2. The zero-order chi connectivity index (χ0) is 13.8. The van der Waals surface area contributed by atoms with E-state index in [1.54, 1.807) is 0 Å². The molecule has 10 heteroatoms. The Morgan fingerprint density at radius 3 is 1.42 bits per heavy atom. The van der Waals surface area contributed by atoms with Crippen LogP contribution in [-0.4, -0.2) is 36.0 Å². The van der Waals surface area contributed by atoms with Gasteiger partial charge in [0.15, 0.2) is 11.6 Å². The van der Waals surface area contributed by atoms with Gasteiger partial charge < -0.3 is 21.3 Å². The summed E-state index contributed by atoms with van der Waals surface area (Å²) in [6.07, 6.45) is -0.356. The summed E-state index contributed by atoms with van der Waals surface area (Å²) in [7, 11) is 0. The fourth-order valence-corrected chi connectivity index (χ4v) is 1.93. The van der Waals surface area contributed by atoms with Gasteiger partial charge in [-0.05, 0) is 0 Å². The van der Waals surface area contributed by atoms with Crippen LogP contribution in [-0.2, 0) is 0 Å². The van der Waals surface area contributed by atoms with Crippen molar-refractivity contribution in [2.45, 2.75) is 6.42 Å². The third-order valence-electron chi connectivity index (χ3n) is 2.81. The summed E-state index contributed by atoms with van der Waals surface area (Å²) in [5, 5.41) is 33.3. The van der Waals surface area contributed by atoms with Crippen LogP contribution in [0, 0.1) is 20.2 Å². The molecule has 0 saturated carbocycles. The highest BCUT2D eigenvalue weighted by Crippen LogP contribution is 2.18. The summed E-state index contributed by atoms with van der Waals surface area (Å²) < 4.78 is 0. The van der Waals surface area contributed by atoms with Crippen LogP contribution >= 0.6 is 0 Å². The fourth-order valence-electron chi connectivity index (χ4n) is 1.93. The van der Waals surface area contributed by atoms with E-state index in [0.717, 1.165) is 0 Å². The summed E-state index contributed by atoms with van der Waals surface area (Å²) >= 11 is 0. The minimum absolute atomic E-state index is 0.229.